The van der Waals surface area contributed by atoms with Gasteiger partial charge in [-0.2, -0.15) is 0 Å². The number of aliphatic imine (C=N–C) groups is 1. The largest absolute Gasteiger partial charge is 0.493 e. The molecule has 1 unspecified atom stereocenters. The van der Waals surface area contributed by atoms with Crippen LogP contribution in [0.4, 0.5) is 0 Å². The predicted octanol–water partition coefficient (Wildman–Crippen LogP) is 1.63. The lowest BCUT2D eigenvalue weighted by Crippen LogP contribution is -2.38. The average Bonchev–Trinajstić information content (AvgIpc) is 3.16. The van der Waals surface area contributed by atoms with E-state index in [0.717, 1.165) is 42.8 Å². The number of hydrogen-bond acceptors (Lipinski definition) is 5. The highest BCUT2D eigenvalue weighted by Gasteiger charge is 2.17. The van der Waals surface area contributed by atoms with Gasteiger partial charge in [0.2, 0.25) is 10.0 Å². The summed E-state index contributed by atoms with van der Waals surface area (Å²) in [5.41, 5.74) is 2.22. The van der Waals surface area contributed by atoms with E-state index >= 15 is 0 Å². The maximum atomic E-state index is 11.1. The molecule has 2 rings (SSSR count). The summed E-state index contributed by atoms with van der Waals surface area (Å²) < 4.78 is 36.0. The SMILES string of the molecule is CN=C(NCCCNS(C)(=O)=O)NCc1ccc(C)cc1OCC1CCOC1.I. The second kappa shape index (κ2) is 13.2. The number of halogens is 1. The number of nitrogens with zero attached hydrogens (tertiary/aromatic N) is 1. The first-order valence-corrected chi connectivity index (χ1v) is 11.5. The van der Waals surface area contributed by atoms with E-state index in [4.69, 9.17) is 9.47 Å². The summed E-state index contributed by atoms with van der Waals surface area (Å²) in [6, 6.07) is 6.18. The Bertz CT molecular complexity index is 753. The molecule has 8 nitrogen and oxygen atoms in total. The van der Waals surface area contributed by atoms with E-state index in [1.165, 1.54) is 0 Å². The highest BCUT2D eigenvalue weighted by atomic mass is 127. The lowest BCUT2D eigenvalue weighted by molar-refractivity contribution is 0.166. The van der Waals surface area contributed by atoms with Crippen LogP contribution in [0, 0.1) is 12.8 Å². The first kappa shape index (κ1) is 25.9. The molecule has 166 valence electrons. The number of aryl methyl sites for hydroxylation is 1. The van der Waals surface area contributed by atoms with Crippen molar-refractivity contribution in [1.82, 2.24) is 15.4 Å². The Morgan fingerprint density at radius 3 is 2.76 bits per heavy atom. The molecule has 1 saturated heterocycles. The highest BCUT2D eigenvalue weighted by Crippen LogP contribution is 2.22. The molecular formula is C19H33IN4O4S. The molecule has 0 aliphatic carbocycles. The van der Waals surface area contributed by atoms with Crippen LogP contribution < -0.4 is 20.1 Å². The fraction of sp³-hybridized carbons (Fsp3) is 0.632. The van der Waals surface area contributed by atoms with Crippen LogP contribution in [0.5, 0.6) is 5.75 Å². The third-order valence-electron chi connectivity index (χ3n) is 4.40. The second-order valence-corrected chi connectivity index (χ2v) is 8.86. The Morgan fingerprint density at radius 1 is 1.31 bits per heavy atom. The standard InChI is InChI=1S/C19H32N4O4S.HI/c1-15-5-6-17(18(11-15)27-14-16-7-10-26-13-16)12-22-19(20-2)21-8-4-9-23-28(3,24)25;/h5-6,11,16,23H,4,7-10,12-14H2,1-3H3,(H2,20,21,22);1H. The van der Waals surface area contributed by atoms with Crippen molar-refractivity contribution in [3.63, 3.8) is 0 Å². The predicted molar refractivity (Wildman–Crippen MR) is 127 cm³/mol. The summed E-state index contributed by atoms with van der Waals surface area (Å²) >= 11 is 0. The van der Waals surface area contributed by atoms with Gasteiger partial charge in [0, 0.05) is 44.8 Å². The first-order chi connectivity index (χ1) is 13.4. The van der Waals surface area contributed by atoms with Crippen molar-refractivity contribution >= 4 is 40.0 Å². The van der Waals surface area contributed by atoms with E-state index < -0.39 is 10.0 Å². The minimum Gasteiger partial charge on any atom is -0.493 e. The average molecular weight is 540 g/mol. The molecule has 0 saturated carbocycles. The molecule has 0 radical (unpaired) electrons. The van der Waals surface area contributed by atoms with Crippen molar-refractivity contribution < 1.29 is 17.9 Å². The number of sulfonamides is 1. The molecule has 0 bridgehead atoms. The van der Waals surface area contributed by atoms with E-state index in [9.17, 15) is 8.42 Å². The Labute approximate surface area is 191 Å². The zero-order valence-corrected chi connectivity index (χ0v) is 20.5. The monoisotopic (exact) mass is 540 g/mol. The number of guanidine groups is 1. The normalized spacial score (nSPS) is 16.9. The summed E-state index contributed by atoms with van der Waals surface area (Å²) in [4.78, 5) is 4.20. The van der Waals surface area contributed by atoms with Gasteiger partial charge in [0.05, 0.1) is 19.5 Å². The topological polar surface area (TPSA) is 101 Å². The number of ether oxygens (including phenoxy) is 2. The third kappa shape index (κ3) is 10.5. The lowest BCUT2D eigenvalue weighted by atomic mass is 10.1. The Balaban J connectivity index is 0.00000420. The Morgan fingerprint density at radius 2 is 2.10 bits per heavy atom. The molecule has 0 spiro atoms. The number of benzene rings is 1. The molecule has 1 heterocycles. The zero-order valence-electron chi connectivity index (χ0n) is 17.4. The van der Waals surface area contributed by atoms with Crippen molar-refractivity contribution in [1.29, 1.82) is 0 Å². The Hall–Kier alpha value is -1.11. The molecule has 3 N–H and O–H groups in total. The molecule has 29 heavy (non-hydrogen) atoms. The summed E-state index contributed by atoms with van der Waals surface area (Å²) in [6.07, 6.45) is 2.86. The Kier molecular flexibility index (Phi) is 11.8. The van der Waals surface area contributed by atoms with Crippen LogP contribution >= 0.6 is 24.0 Å². The first-order valence-electron chi connectivity index (χ1n) is 9.56. The molecule has 1 aromatic rings. The van der Waals surface area contributed by atoms with Gasteiger partial charge in [-0.15, -0.1) is 24.0 Å². The molecular weight excluding hydrogens is 507 g/mol. The van der Waals surface area contributed by atoms with Gasteiger partial charge in [0.1, 0.15) is 5.75 Å². The van der Waals surface area contributed by atoms with Gasteiger partial charge < -0.3 is 20.1 Å². The van der Waals surface area contributed by atoms with E-state index in [2.05, 4.69) is 38.5 Å². The van der Waals surface area contributed by atoms with E-state index in [0.29, 0.717) is 44.5 Å². The fourth-order valence-electron chi connectivity index (χ4n) is 2.82. The molecule has 0 aromatic heterocycles. The fourth-order valence-corrected chi connectivity index (χ4v) is 3.33. The van der Waals surface area contributed by atoms with Crippen LogP contribution in [0.15, 0.2) is 23.2 Å². The molecule has 1 fully saturated rings. The van der Waals surface area contributed by atoms with Crippen molar-refractivity contribution in [2.45, 2.75) is 26.3 Å². The van der Waals surface area contributed by atoms with Crippen LogP contribution in [0.2, 0.25) is 0 Å². The molecule has 1 aromatic carbocycles. The van der Waals surface area contributed by atoms with E-state index in [-0.39, 0.29) is 24.0 Å². The van der Waals surface area contributed by atoms with Gasteiger partial charge in [-0.1, -0.05) is 12.1 Å². The maximum absolute atomic E-state index is 11.1. The van der Waals surface area contributed by atoms with Crippen LogP contribution in [0.25, 0.3) is 0 Å². The third-order valence-corrected chi connectivity index (χ3v) is 5.13. The van der Waals surface area contributed by atoms with Gasteiger partial charge in [0.25, 0.3) is 0 Å². The maximum Gasteiger partial charge on any atom is 0.208 e. The molecule has 1 aliphatic rings. The van der Waals surface area contributed by atoms with Crippen LogP contribution in [-0.2, 0) is 21.3 Å². The van der Waals surface area contributed by atoms with Crippen molar-refractivity contribution in [3.8, 4) is 5.75 Å². The van der Waals surface area contributed by atoms with E-state index in [1.54, 1.807) is 7.05 Å². The highest BCUT2D eigenvalue weighted by molar-refractivity contribution is 14.0. The van der Waals surface area contributed by atoms with Crippen molar-refractivity contribution in [2.75, 3.05) is 46.2 Å². The molecule has 0 amide bonds. The lowest BCUT2D eigenvalue weighted by Gasteiger charge is -2.17. The van der Waals surface area contributed by atoms with Gasteiger partial charge in [-0.25, -0.2) is 13.1 Å². The molecule has 10 heteroatoms. The van der Waals surface area contributed by atoms with Gasteiger partial charge in [0.15, 0.2) is 5.96 Å². The van der Waals surface area contributed by atoms with Crippen LogP contribution in [0.3, 0.4) is 0 Å². The zero-order chi connectivity index (χ0) is 20.4. The van der Waals surface area contributed by atoms with Crippen LogP contribution in [0.1, 0.15) is 24.0 Å². The van der Waals surface area contributed by atoms with Gasteiger partial charge in [-0.3, -0.25) is 4.99 Å². The minimum absolute atomic E-state index is 0. The summed E-state index contributed by atoms with van der Waals surface area (Å²) in [5.74, 6) is 2.00. The smallest absolute Gasteiger partial charge is 0.208 e. The number of rotatable bonds is 10. The van der Waals surface area contributed by atoms with Gasteiger partial charge in [-0.05, 0) is 31.4 Å². The quantitative estimate of drug-likeness (QED) is 0.181. The molecule has 1 aliphatic heterocycles. The summed E-state index contributed by atoms with van der Waals surface area (Å²) in [6.45, 7) is 5.88. The van der Waals surface area contributed by atoms with Crippen LogP contribution in [-0.4, -0.2) is 60.6 Å². The molecule has 1 atom stereocenters. The van der Waals surface area contributed by atoms with Crippen molar-refractivity contribution in [2.24, 2.45) is 10.9 Å². The summed E-state index contributed by atoms with van der Waals surface area (Å²) in [5, 5.41) is 6.46. The minimum atomic E-state index is -3.14. The second-order valence-electron chi connectivity index (χ2n) is 7.02. The van der Waals surface area contributed by atoms with Gasteiger partial charge >= 0.3 is 0 Å². The number of nitrogens with one attached hydrogen (secondary N) is 3. The van der Waals surface area contributed by atoms with E-state index in [1.807, 2.05) is 6.92 Å². The number of hydrogen-bond donors (Lipinski definition) is 3. The summed E-state index contributed by atoms with van der Waals surface area (Å²) in [7, 11) is -1.44. The van der Waals surface area contributed by atoms with Crippen molar-refractivity contribution in [3.05, 3.63) is 29.3 Å².